The van der Waals surface area contributed by atoms with Crippen LogP contribution in [0.15, 0.2) is 34.8 Å². The van der Waals surface area contributed by atoms with E-state index in [1.54, 1.807) is 7.11 Å². The van der Waals surface area contributed by atoms with E-state index in [4.69, 9.17) is 27.9 Å². The lowest BCUT2D eigenvalue weighted by atomic mass is 10.1. The van der Waals surface area contributed by atoms with Crippen molar-refractivity contribution in [2.24, 2.45) is 0 Å². The van der Waals surface area contributed by atoms with Crippen molar-refractivity contribution in [1.82, 2.24) is 5.32 Å². The van der Waals surface area contributed by atoms with Crippen molar-refractivity contribution < 1.29 is 4.74 Å². The van der Waals surface area contributed by atoms with E-state index in [1.165, 1.54) is 5.54 Å². The van der Waals surface area contributed by atoms with Gasteiger partial charge < -0.3 is 10.1 Å². The van der Waals surface area contributed by atoms with E-state index in [0.717, 1.165) is 11.3 Å². The van der Waals surface area contributed by atoms with E-state index < -0.39 is 0 Å². The third kappa shape index (κ3) is 3.71. The van der Waals surface area contributed by atoms with Gasteiger partial charge in [0.05, 0.1) is 7.11 Å². The molecule has 0 fully saturated rings. The first-order valence-corrected chi connectivity index (χ1v) is 5.81. The van der Waals surface area contributed by atoms with Crippen LogP contribution in [0.2, 0.25) is 0 Å². The Morgan fingerprint density at radius 1 is 1.50 bits per heavy atom. The summed E-state index contributed by atoms with van der Waals surface area (Å²) in [4.78, 5) is 0. The topological polar surface area (TPSA) is 21.3 Å². The second kappa shape index (κ2) is 6.79. The molecule has 4 heteroatoms. The van der Waals surface area contributed by atoms with Crippen molar-refractivity contribution in [1.29, 1.82) is 0 Å². The summed E-state index contributed by atoms with van der Waals surface area (Å²) in [5.74, 6) is 0.869. The normalized spacial score (nSPS) is 13.6. The molecule has 0 saturated carbocycles. The Hall–Kier alpha value is -0.700. The van der Waals surface area contributed by atoms with Gasteiger partial charge in [0.1, 0.15) is 5.75 Å². The Kier molecular flexibility index (Phi) is 5.67. The molecule has 1 aromatic carbocycles. The van der Waals surface area contributed by atoms with Crippen LogP contribution < -0.4 is 10.1 Å². The van der Waals surface area contributed by atoms with Gasteiger partial charge in [-0.25, -0.2) is 0 Å². The van der Waals surface area contributed by atoms with Gasteiger partial charge in [-0.2, -0.15) is 0 Å². The van der Waals surface area contributed by atoms with E-state index in [9.17, 15) is 0 Å². The van der Waals surface area contributed by atoms with E-state index >= 15 is 0 Å². The minimum absolute atomic E-state index is 0.154. The zero-order chi connectivity index (χ0) is 12.0. The molecule has 0 aliphatic heterocycles. The number of hydrogen-bond acceptors (Lipinski definition) is 2. The van der Waals surface area contributed by atoms with Crippen LogP contribution in [-0.4, -0.2) is 13.7 Å². The minimum Gasteiger partial charge on any atom is -0.496 e. The summed E-state index contributed by atoms with van der Waals surface area (Å²) in [6.45, 7) is 2.60. The largest absolute Gasteiger partial charge is 0.496 e. The molecule has 0 aromatic heterocycles. The van der Waals surface area contributed by atoms with Gasteiger partial charge in [-0.05, 0) is 13.0 Å². The van der Waals surface area contributed by atoms with Crippen LogP contribution >= 0.6 is 23.2 Å². The molecule has 0 radical (unpaired) electrons. The average molecular weight is 260 g/mol. The highest BCUT2D eigenvalue weighted by molar-refractivity contribution is 6.36. The van der Waals surface area contributed by atoms with Crippen molar-refractivity contribution in [3.63, 3.8) is 0 Å². The smallest absolute Gasteiger partial charge is 0.123 e. The highest BCUT2D eigenvalue weighted by Crippen LogP contribution is 2.24. The van der Waals surface area contributed by atoms with Crippen LogP contribution in [0.25, 0.3) is 0 Å². The maximum absolute atomic E-state index is 5.81. The summed E-state index contributed by atoms with van der Waals surface area (Å²) in [7, 11) is 1.66. The third-order valence-corrected chi connectivity index (χ3v) is 2.92. The van der Waals surface area contributed by atoms with Crippen molar-refractivity contribution in [2.45, 2.75) is 13.0 Å². The maximum atomic E-state index is 5.81. The molecule has 0 bridgehead atoms. The fourth-order valence-electron chi connectivity index (χ4n) is 1.42. The summed E-state index contributed by atoms with van der Waals surface area (Å²) in [6, 6.07) is 8.04. The van der Waals surface area contributed by atoms with E-state index in [-0.39, 0.29) is 6.04 Å². The molecule has 1 N–H and O–H groups in total. The quantitative estimate of drug-likeness (QED) is 0.872. The van der Waals surface area contributed by atoms with Crippen LogP contribution in [0.4, 0.5) is 0 Å². The predicted molar refractivity (Wildman–Crippen MR) is 69.2 cm³/mol. The van der Waals surface area contributed by atoms with Gasteiger partial charge in [0, 0.05) is 28.7 Å². The molecule has 1 atom stereocenters. The standard InChI is InChI=1S/C12H15Cl2NO/c1-9(15-8-10(14)7-13)11-5-3-4-6-12(11)16-2/h3-7,9,15H,8H2,1-2H3/b10-7-/t9-/m0/s1. The Morgan fingerprint density at radius 3 is 2.81 bits per heavy atom. The number of rotatable bonds is 5. The van der Waals surface area contributed by atoms with Gasteiger partial charge in [-0.15, -0.1) is 0 Å². The van der Waals surface area contributed by atoms with Crippen molar-refractivity contribution in [3.8, 4) is 5.75 Å². The van der Waals surface area contributed by atoms with Crippen LogP contribution in [0, 0.1) is 0 Å². The molecule has 0 amide bonds. The molecule has 0 aliphatic rings. The Labute approximate surface area is 106 Å². The summed E-state index contributed by atoms with van der Waals surface area (Å²) >= 11 is 11.3. The lowest BCUT2D eigenvalue weighted by molar-refractivity contribution is 0.403. The molecular formula is C12H15Cl2NO. The number of methoxy groups -OCH3 is 1. The lowest BCUT2D eigenvalue weighted by Gasteiger charge is -2.16. The number of ether oxygens (including phenoxy) is 1. The van der Waals surface area contributed by atoms with Gasteiger partial charge in [0.15, 0.2) is 0 Å². The Balaban J connectivity index is 2.68. The third-order valence-electron chi connectivity index (χ3n) is 2.30. The molecule has 16 heavy (non-hydrogen) atoms. The predicted octanol–water partition coefficient (Wildman–Crippen LogP) is 3.66. The van der Waals surface area contributed by atoms with Gasteiger partial charge in [-0.1, -0.05) is 41.4 Å². The first kappa shape index (κ1) is 13.4. The van der Waals surface area contributed by atoms with Crippen molar-refractivity contribution in [2.75, 3.05) is 13.7 Å². The molecular weight excluding hydrogens is 245 g/mol. The molecule has 0 aliphatic carbocycles. The maximum Gasteiger partial charge on any atom is 0.123 e. The Morgan fingerprint density at radius 2 is 2.19 bits per heavy atom. The first-order chi connectivity index (χ1) is 7.69. The molecule has 0 heterocycles. The molecule has 2 nitrogen and oxygen atoms in total. The summed E-state index contributed by atoms with van der Waals surface area (Å²) < 4.78 is 5.29. The highest BCUT2D eigenvalue weighted by atomic mass is 35.5. The number of benzene rings is 1. The first-order valence-electron chi connectivity index (χ1n) is 5.00. The van der Waals surface area contributed by atoms with Crippen molar-refractivity contribution >= 4 is 23.2 Å². The zero-order valence-electron chi connectivity index (χ0n) is 9.34. The summed E-state index contributed by atoms with van der Waals surface area (Å²) in [5, 5.41) is 3.85. The van der Waals surface area contributed by atoms with Crippen LogP contribution in [0.1, 0.15) is 18.5 Å². The van der Waals surface area contributed by atoms with Crippen molar-refractivity contribution in [3.05, 3.63) is 40.4 Å². The van der Waals surface area contributed by atoms with Gasteiger partial charge in [-0.3, -0.25) is 0 Å². The number of para-hydroxylation sites is 1. The monoisotopic (exact) mass is 259 g/mol. The number of halogens is 2. The lowest BCUT2D eigenvalue weighted by Crippen LogP contribution is -2.20. The second-order valence-electron chi connectivity index (χ2n) is 3.40. The van der Waals surface area contributed by atoms with Crippen LogP contribution in [-0.2, 0) is 0 Å². The van der Waals surface area contributed by atoms with Gasteiger partial charge in [0.25, 0.3) is 0 Å². The van der Waals surface area contributed by atoms with E-state index in [1.807, 2.05) is 24.3 Å². The second-order valence-corrected chi connectivity index (χ2v) is 4.10. The summed E-state index contributed by atoms with van der Waals surface area (Å²) in [5.41, 5.74) is 2.47. The molecule has 1 aromatic rings. The zero-order valence-corrected chi connectivity index (χ0v) is 10.8. The SMILES string of the molecule is COc1ccccc1[C@H](C)NC/C(Cl)=C/Cl. The molecule has 0 spiro atoms. The fraction of sp³-hybridized carbons (Fsp3) is 0.333. The highest BCUT2D eigenvalue weighted by Gasteiger charge is 2.09. The van der Waals surface area contributed by atoms with Gasteiger partial charge in [0.2, 0.25) is 0 Å². The minimum atomic E-state index is 0.154. The number of nitrogens with one attached hydrogen (secondary N) is 1. The average Bonchev–Trinajstić information content (AvgIpc) is 2.35. The van der Waals surface area contributed by atoms with Crippen LogP contribution in [0.5, 0.6) is 5.75 Å². The molecule has 1 rings (SSSR count). The number of hydrogen-bond donors (Lipinski definition) is 1. The van der Waals surface area contributed by atoms with E-state index in [0.29, 0.717) is 11.6 Å². The molecule has 88 valence electrons. The van der Waals surface area contributed by atoms with Crippen LogP contribution in [0.3, 0.4) is 0 Å². The Bertz CT molecular complexity index is 366. The molecule has 0 unspecified atom stereocenters. The van der Waals surface area contributed by atoms with Gasteiger partial charge >= 0.3 is 0 Å². The van der Waals surface area contributed by atoms with E-state index in [2.05, 4.69) is 12.2 Å². The summed E-state index contributed by atoms with van der Waals surface area (Å²) in [6.07, 6.45) is 0. The fourth-order valence-corrected chi connectivity index (χ4v) is 1.58. The molecule has 0 saturated heterocycles.